The fourth-order valence-corrected chi connectivity index (χ4v) is 4.16. The molecule has 0 saturated heterocycles. The van der Waals surface area contributed by atoms with E-state index in [1.807, 2.05) is 18.2 Å². The van der Waals surface area contributed by atoms with Gasteiger partial charge in [0.1, 0.15) is 5.54 Å². The second kappa shape index (κ2) is 6.79. The average Bonchev–Trinajstić information content (AvgIpc) is 3.03. The predicted molar refractivity (Wildman–Crippen MR) is 111 cm³/mol. The van der Waals surface area contributed by atoms with Crippen LogP contribution in [-0.4, -0.2) is 37.6 Å². The number of amides is 2. The van der Waals surface area contributed by atoms with Crippen molar-refractivity contribution >= 4 is 57.7 Å². The van der Waals surface area contributed by atoms with E-state index in [4.69, 9.17) is 11.6 Å². The fraction of sp³-hybridized carbons (Fsp3) is 0.263. The van der Waals surface area contributed by atoms with E-state index in [1.54, 1.807) is 37.8 Å². The van der Waals surface area contributed by atoms with Gasteiger partial charge in [0.25, 0.3) is 0 Å². The molecule has 0 unspecified atom stereocenters. The zero-order chi connectivity index (χ0) is 20.1. The lowest BCUT2D eigenvalue weighted by Crippen LogP contribution is -2.60. The number of para-hydroxylation sites is 2. The van der Waals surface area contributed by atoms with Crippen LogP contribution in [0.2, 0.25) is 5.02 Å². The first-order chi connectivity index (χ1) is 13.3. The van der Waals surface area contributed by atoms with Crippen molar-refractivity contribution in [3.05, 3.63) is 41.6 Å². The molecule has 144 valence electrons. The van der Waals surface area contributed by atoms with E-state index in [0.29, 0.717) is 32.7 Å². The molecule has 0 spiro atoms. The van der Waals surface area contributed by atoms with Crippen LogP contribution in [0, 0.1) is 0 Å². The molecule has 0 saturated carbocycles. The predicted octanol–water partition coefficient (Wildman–Crippen LogP) is 3.86. The number of fused-ring (bicyclic) bond motifs is 2. The number of aromatic nitrogens is 3. The number of aromatic amines is 1. The second-order valence-electron chi connectivity index (χ2n) is 7.03. The molecule has 0 aliphatic carbocycles. The Kier molecular flexibility index (Phi) is 4.55. The zero-order valence-corrected chi connectivity index (χ0v) is 17.1. The van der Waals surface area contributed by atoms with Crippen molar-refractivity contribution < 1.29 is 9.59 Å². The molecule has 2 amide bonds. The number of imidazole rings is 1. The third-order valence-corrected chi connectivity index (χ3v) is 5.83. The van der Waals surface area contributed by atoms with E-state index in [0.717, 1.165) is 0 Å². The molecule has 1 aliphatic rings. The number of nitrogens with zero attached hydrogens (tertiary/aromatic N) is 3. The van der Waals surface area contributed by atoms with Gasteiger partial charge in [0.2, 0.25) is 11.8 Å². The third-order valence-electron chi connectivity index (χ3n) is 4.65. The number of hydrogen-bond donors (Lipinski definition) is 2. The first-order valence-electron chi connectivity index (χ1n) is 8.70. The molecule has 1 atom stereocenters. The molecule has 1 aromatic carbocycles. The number of hydrogen-bond acceptors (Lipinski definition) is 5. The minimum absolute atomic E-state index is 0.177. The van der Waals surface area contributed by atoms with E-state index >= 15 is 0 Å². The number of carbonyl (C=O) groups excluding carboxylic acids is 2. The van der Waals surface area contributed by atoms with Crippen LogP contribution in [0.15, 0.2) is 41.7 Å². The Labute approximate surface area is 170 Å². The first kappa shape index (κ1) is 18.8. The molecule has 0 bridgehead atoms. The van der Waals surface area contributed by atoms with Crippen molar-refractivity contribution in [3.8, 4) is 0 Å². The molecule has 2 aromatic heterocycles. The van der Waals surface area contributed by atoms with Crippen LogP contribution in [0.3, 0.4) is 0 Å². The van der Waals surface area contributed by atoms with Gasteiger partial charge in [-0.15, -0.1) is 0 Å². The highest BCUT2D eigenvalue weighted by Crippen LogP contribution is 2.38. The fourth-order valence-electron chi connectivity index (χ4n) is 3.15. The van der Waals surface area contributed by atoms with Gasteiger partial charge < -0.3 is 10.3 Å². The lowest BCUT2D eigenvalue weighted by Gasteiger charge is -2.42. The summed E-state index contributed by atoms with van der Waals surface area (Å²) in [4.78, 5) is 39.2. The number of pyridine rings is 1. The Morgan fingerprint density at radius 3 is 2.86 bits per heavy atom. The van der Waals surface area contributed by atoms with Crippen molar-refractivity contribution in [3.63, 3.8) is 0 Å². The maximum absolute atomic E-state index is 13.3. The molecule has 0 fully saturated rings. The molecule has 3 aromatic rings. The van der Waals surface area contributed by atoms with Gasteiger partial charge in [-0.3, -0.25) is 14.5 Å². The van der Waals surface area contributed by atoms with Crippen LogP contribution in [-0.2, 0) is 9.59 Å². The number of halogens is 1. The van der Waals surface area contributed by atoms with Crippen LogP contribution < -0.4 is 10.2 Å². The van der Waals surface area contributed by atoms with Gasteiger partial charge in [-0.25, -0.2) is 9.97 Å². The molecule has 2 N–H and O–H groups in total. The molecular formula is C19H18ClN5O2S. The van der Waals surface area contributed by atoms with Gasteiger partial charge in [0.05, 0.1) is 27.2 Å². The highest BCUT2D eigenvalue weighted by molar-refractivity contribution is 8.00. The summed E-state index contributed by atoms with van der Waals surface area (Å²) < 4.78 is 0. The number of benzene rings is 1. The Morgan fingerprint density at radius 1 is 1.32 bits per heavy atom. The van der Waals surface area contributed by atoms with E-state index in [1.165, 1.54) is 18.0 Å². The minimum Gasteiger partial charge on any atom is -0.331 e. The molecule has 1 aliphatic heterocycles. The summed E-state index contributed by atoms with van der Waals surface area (Å²) >= 11 is 7.24. The summed E-state index contributed by atoms with van der Waals surface area (Å²) in [6, 6.07) is 9.03. The number of nitrogens with one attached hydrogen (secondary N) is 2. The summed E-state index contributed by atoms with van der Waals surface area (Å²) in [7, 11) is 0. The standard InChI is InChI=1S/C19H18ClN5O2S/c1-10(28-18-23-13-8-11(20)9-21-15(13)24-18)16(26)25-14-7-5-4-6-12(14)22-17(27)19(25,2)3/h4-10H,1-3H3,(H,22,27)(H,21,23,24)/t10-/m0/s1. The summed E-state index contributed by atoms with van der Waals surface area (Å²) in [5, 5.41) is 3.47. The molecule has 4 rings (SSSR count). The van der Waals surface area contributed by atoms with Gasteiger partial charge in [-0.2, -0.15) is 0 Å². The third kappa shape index (κ3) is 3.12. The van der Waals surface area contributed by atoms with Gasteiger partial charge in [0, 0.05) is 6.20 Å². The van der Waals surface area contributed by atoms with Crippen LogP contribution in [0.1, 0.15) is 20.8 Å². The second-order valence-corrected chi connectivity index (χ2v) is 8.80. The van der Waals surface area contributed by atoms with Crippen LogP contribution in [0.5, 0.6) is 0 Å². The Balaban J connectivity index is 1.64. The van der Waals surface area contributed by atoms with Crippen molar-refractivity contribution in [1.82, 2.24) is 15.0 Å². The molecule has 9 heteroatoms. The number of rotatable bonds is 3. The van der Waals surface area contributed by atoms with E-state index in [-0.39, 0.29) is 11.8 Å². The smallest absolute Gasteiger partial charge is 0.250 e. The van der Waals surface area contributed by atoms with Crippen molar-refractivity contribution in [1.29, 1.82) is 0 Å². The number of anilines is 2. The monoisotopic (exact) mass is 415 g/mol. The largest absolute Gasteiger partial charge is 0.331 e. The topological polar surface area (TPSA) is 91.0 Å². The molecule has 28 heavy (non-hydrogen) atoms. The maximum Gasteiger partial charge on any atom is 0.250 e. The average molecular weight is 416 g/mol. The van der Waals surface area contributed by atoms with E-state index < -0.39 is 10.8 Å². The van der Waals surface area contributed by atoms with E-state index in [2.05, 4.69) is 20.3 Å². The van der Waals surface area contributed by atoms with Gasteiger partial charge >= 0.3 is 0 Å². The van der Waals surface area contributed by atoms with Gasteiger partial charge in [-0.1, -0.05) is 35.5 Å². The highest BCUT2D eigenvalue weighted by atomic mass is 35.5. The summed E-state index contributed by atoms with van der Waals surface area (Å²) in [6.45, 7) is 5.27. The lowest BCUT2D eigenvalue weighted by atomic mass is 9.96. The quantitative estimate of drug-likeness (QED) is 0.634. The summed E-state index contributed by atoms with van der Waals surface area (Å²) in [5.74, 6) is -0.400. The Hall–Kier alpha value is -2.58. The van der Waals surface area contributed by atoms with Crippen molar-refractivity contribution in [2.45, 2.75) is 36.7 Å². The van der Waals surface area contributed by atoms with Crippen molar-refractivity contribution in [2.24, 2.45) is 0 Å². The Bertz CT molecular complexity index is 1100. The lowest BCUT2D eigenvalue weighted by molar-refractivity contribution is -0.126. The van der Waals surface area contributed by atoms with Crippen LogP contribution in [0.4, 0.5) is 11.4 Å². The number of carbonyl (C=O) groups is 2. The summed E-state index contributed by atoms with van der Waals surface area (Å²) in [6.07, 6.45) is 1.53. The van der Waals surface area contributed by atoms with Crippen molar-refractivity contribution in [2.75, 3.05) is 10.2 Å². The van der Waals surface area contributed by atoms with E-state index in [9.17, 15) is 9.59 Å². The number of thioether (sulfide) groups is 1. The van der Waals surface area contributed by atoms with Gasteiger partial charge in [0.15, 0.2) is 10.8 Å². The Morgan fingerprint density at radius 2 is 2.07 bits per heavy atom. The first-order valence-corrected chi connectivity index (χ1v) is 9.95. The summed E-state index contributed by atoms with van der Waals surface area (Å²) in [5.41, 5.74) is 1.54. The minimum atomic E-state index is -1.01. The SMILES string of the molecule is C[C@H](Sc1nc2ncc(Cl)cc2[nH]1)C(=O)N1c2ccccc2NC(=O)C1(C)C. The molecule has 7 nitrogen and oxygen atoms in total. The maximum atomic E-state index is 13.3. The van der Waals surface area contributed by atoms with Crippen LogP contribution >= 0.6 is 23.4 Å². The highest BCUT2D eigenvalue weighted by Gasteiger charge is 2.44. The molecule has 0 radical (unpaired) electrons. The zero-order valence-electron chi connectivity index (χ0n) is 15.5. The van der Waals surface area contributed by atoms with Crippen LogP contribution in [0.25, 0.3) is 11.2 Å². The normalized spacial score (nSPS) is 16.6. The molecular weight excluding hydrogens is 398 g/mol. The molecule has 3 heterocycles. The van der Waals surface area contributed by atoms with Gasteiger partial charge in [-0.05, 0) is 39.0 Å². The number of H-pyrrole nitrogens is 1.